The Balaban J connectivity index is 1.28. The highest BCUT2D eigenvalue weighted by molar-refractivity contribution is 6.16. The minimum atomic E-state index is 0.592. The molecule has 0 N–H and O–H groups in total. The van der Waals surface area contributed by atoms with Gasteiger partial charge in [-0.15, -0.1) is 0 Å². The Morgan fingerprint density at radius 2 is 0.902 bits per heavy atom. The first-order valence-corrected chi connectivity index (χ1v) is 17.1. The number of hydrogen-bond acceptors (Lipinski definition) is 4. The zero-order valence-electron chi connectivity index (χ0n) is 27.5. The Labute approximate surface area is 294 Å². The van der Waals surface area contributed by atoms with Crippen molar-refractivity contribution in [3.63, 3.8) is 0 Å². The quantitative estimate of drug-likeness (QED) is 0.174. The molecule has 0 aliphatic rings. The first kappa shape index (κ1) is 29.0. The van der Waals surface area contributed by atoms with Gasteiger partial charge in [-0.2, -0.15) is 0 Å². The van der Waals surface area contributed by atoms with Crippen molar-refractivity contribution in [2.24, 2.45) is 0 Å². The van der Waals surface area contributed by atoms with Crippen LogP contribution in [0.4, 0.5) is 0 Å². The number of aromatic nitrogens is 3. The van der Waals surface area contributed by atoms with Crippen molar-refractivity contribution in [1.82, 2.24) is 15.0 Å². The monoisotopic (exact) mass is 651 g/mol. The van der Waals surface area contributed by atoms with Gasteiger partial charge in [-0.05, 0) is 68.6 Å². The Kier molecular flexibility index (Phi) is 6.78. The average molecular weight is 652 g/mol. The smallest absolute Gasteiger partial charge is 0.164 e. The van der Waals surface area contributed by atoms with Crippen molar-refractivity contribution < 1.29 is 4.42 Å². The fourth-order valence-electron chi connectivity index (χ4n) is 7.30. The number of nitrogens with zero attached hydrogens (tertiary/aromatic N) is 3. The van der Waals surface area contributed by atoms with E-state index in [2.05, 4.69) is 127 Å². The Hall–Kier alpha value is -6.91. The van der Waals surface area contributed by atoms with E-state index in [9.17, 15) is 0 Å². The van der Waals surface area contributed by atoms with Crippen molar-refractivity contribution >= 4 is 43.5 Å². The summed E-state index contributed by atoms with van der Waals surface area (Å²) in [6.07, 6.45) is 0. The van der Waals surface area contributed by atoms with Crippen molar-refractivity contribution in [3.8, 4) is 56.4 Å². The molecule has 8 aromatic carbocycles. The van der Waals surface area contributed by atoms with Crippen molar-refractivity contribution in [2.45, 2.75) is 0 Å². The molecule has 238 valence electrons. The van der Waals surface area contributed by atoms with Gasteiger partial charge in [0.15, 0.2) is 17.5 Å². The van der Waals surface area contributed by atoms with Crippen LogP contribution in [0.25, 0.3) is 99.9 Å². The van der Waals surface area contributed by atoms with Crippen LogP contribution in [0.1, 0.15) is 0 Å². The maximum Gasteiger partial charge on any atom is 0.164 e. The summed E-state index contributed by atoms with van der Waals surface area (Å²) in [5.41, 5.74) is 8.76. The van der Waals surface area contributed by atoms with E-state index in [4.69, 9.17) is 19.4 Å². The van der Waals surface area contributed by atoms with Crippen LogP contribution < -0.4 is 0 Å². The minimum absolute atomic E-state index is 0.592. The second-order valence-electron chi connectivity index (χ2n) is 12.8. The standard InChI is InChI=1S/C47H29N3O/c1-4-14-30(15-5-1)36-26-27-39(43-38-22-12-13-23-42(38)51-44(36)43)47-49-45(33-19-8-3-9-20-33)48-46(50-47)34-28-40(31-16-6-2-7-17-31)37-25-24-32-18-10-11-21-35(32)41(37)29-34/h1-29H. The molecule has 0 amide bonds. The molecular formula is C47H29N3O. The molecule has 10 aromatic rings. The molecule has 0 unspecified atom stereocenters. The number of benzene rings is 8. The van der Waals surface area contributed by atoms with Gasteiger partial charge in [0, 0.05) is 33.0 Å². The van der Waals surface area contributed by atoms with E-state index in [0.29, 0.717) is 17.5 Å². The number of para-hydroxylation sites is 1. The largest absolute Gasteiger partial charge is 0.455 e. The summed E-state index contributed by atoms with van der Waals surface area (Å²) < 4.78 is 6.61. The topological polar surface area (TPSA) is 51.8 Å². The Morgan fingerprint density at radius 1 is 0.333 bits per heavy atom. The van der Waals surface area contributed by atoms with Gasteiger partial charge < -0.3 is 4.42 Å². The van der Waals surface area contributed by atoms with Gasteiger partial charge in [0.1, 0.15) is 11.2 Å². The fraction of sp³-hybridized carbons (Fsp3) is 0. The minimum Gasteiger partial charge on any atom is -0.455 e. The molecule has 0 atom stereocenters. The van der Waals surface area contributed by atoms with Crippen molar-refractivity contribution in [2.75, 3.05) is 0 Å². The summed E-state index contributed by atoms with van der Waals surface area (Å²) >= 11 is 0. The van der Waals surface area contributed by atoms with Crippen LogP contribution in [0.2, 0.25) is 0 Å². The van der Waals surface area contributed by atoms with Crippen molar-refractivity contribution in [3.05, 3.63) is 176 Å². The predicted molar refractivity (Wildman–Crippen MR) is 209 cm³/mol. The SMILES string of the molecule is c1ccc(-c2nc(-c3cc(-c4ccccc4)c4ccc5ccccc5c4c3)nc(-c3ccc(-c4ccccc4)c4oc5ccccc5c34)n2)cc1. The number of hydrogen-bond donors (Lipinski definition) is 0. The lowest BCUT2D eigenvalue weighted by Crippen LogP contribution is -2.01. The zero-order chi connectivity index (χ0) is 33.7. The maximum absolute atomic E-state index is 6.61. The molecule has 0 spiro atoms. The average Bonchev–Trinajstić information content (AvgIpc) is 3.61. The molecule has 0 saturated carbocycles. The normalized spacial score (nSPS) is 11.5. The van der Waals surface area contributed by atoms with Gasteiger partial charge >= 0.3 is 0 Å². The second-order valence-corrected chi connectivity index (χ2v) is 12.8. The van der Waals surface area contributed by atoms with E-state index in [1.54, 1.807) is 0 Å². The predicted octanol–water partition coefficient (Wildman–Crippen LogP) is 12.4. The molecule has 0 bridgehead atoms. The van der Waals surface area contributed by atoms with Crippen LogP contribution in [0.5, 0.6) is 0 Å². The van der Waals surface area contributed by atoms with Crippen LogP contribution in [-0.2, 0) is 0 Å². The fourth-order valence-corrected chi connectivity index (χ4v) is 7.30. The molecule has 0 saturated heterocycles. The Bertz CT molecular complexity index is 2900. The lowest BCUT2D eigenvalue weighted by Gasteiger charge is -2.14. The van der Waals surface area contributed by atoms with Gasteiger partial charge in [0.25, 0.3) is 0 Å². The van der Waals surface area contributed by atoms with Gasteiger partial charge in [-0.3, -0.25) is 0 Å². The van der Waals surface area contributed by atoms with Crippen molar-refractivity contribution in [1.29, 1.82) is 0 Å². The van der Waals surface area contributed by atoms with Crippen LogP contribution in [-0.4, -0.2) is 15.0 Å². The van der Waals surface area contributed by atoms with E-state index in [-0.39, 0.29) is 0 Å². The summed E-state index contributed by atoms with van der Waals surface area (Å²) in [7, 11) is 0. The van der Waals surface area contributed by atoms with Gasteiger partial charge in [0.05, 0.1) is 0 Å². The number of rotatable bonds is 5. The third-order valence-corrected chi connectivity index (χ3v) is 9.72. The van der Waals surface area contributed by atoms with Gasteiger partial charge in [-0.25, -0.2) is 15.0 Å². The highest BCUT2D eigenvalue weighted by Crippen LogP contribution is 2.42. The van der Waals surface area contributed by atoms with E-state index in [1.807, 2.05) is 48.5 Å². The third-order valence-electron chi connectivity index (χ3n) is 9.72. The zero-order valence-corrected chi connectivity index (χ0v) is 27.5. The second kappa shape index (κ2) is 11.9. The first-order chi connectivity index (χ1) is 25.3. The number of furan rings is 1. The van der Waals surface area contributed by atoms with Crippen LogP contribution >= 0.6 is 0 Å². The molecule has 0 fully saturated rings. The Morgan fingerprint density at radius 3 is 1.65 bits per heavy atom. The van der Waals surface area contributed by atoms with Crippen LogP contribution in [0, 0.1) is 0 Å². The molecule has 0 aliphatic heterocycles. The highest BCUT2D eigenvalue weighted by atomic mass is 16.3. The lowest BCUT2D eigenvalue weighted by molar-refractivity contribution is 0.670. The van der Waals surface area contributed by atoms with E-state index in [0.717, 1.165) is 66.3 Å². The lowest BCUT2D eigenvalue weighted by atomic mass is 9.92. The molecule has 2 heterocycles. The van der Waals surface area contributed by atoms with Gasteiger partial charge in [-0.1, -0.05) is 146 Å². The summed E-state index contributed by atoms with van der Waals surface area (Å²) in [5.74, 6) is 1.82. The summed E-state index contributed by atoms with van der Waals surface area (Å²) in [6.45, 7) is 0. The van der Waals surface area contributed by atoms with E-state index >= 15 is 0 Å². The molecule has 0 radical (unpaired) electrons. The van der Waals surface area contributed by atoms with Gasteiger partial charge in [0.2, 0.25) is 0 Å². The third kappa shape index (κ3) is 4.96. The van der Waals surface area contributed by atoms with E-state index in [1.165, 1.54) is 16.2 Å². The van der Waals surface area contributed by atoms with Crippen LogP contribution in [0.15, 0.2) is 180 Å². The molecule has 0 aliphatic carbocycles. The molecule has 51 heavy (non-hydrogen) atoms. The van der Waals surface area contributed by atoms with E-state index < -0.39 is 0 Å². The summed E-state index contributed by atoms with van der Waals surface area (Å²) in [6, 6.07) is 61.0. The first-order valence-electron chi connectivity index (χ1n) is 17.1. The summed E-state index contributed by atoms with van der Waals surface area (Å²) in [4.78, 5) is 15.6. The molecular weight excluding hydrogens is 623 g/mol. The maximum atomic E-state index is 6.61. The van der Waals surface area contributed by atoms with Crippen LogP contribution in [0.3, 0.4) is 0 Å². The number of fused-ring (bicyclic) bond motifs is 6. The highest BCUT2D eigenvalue weighted by Gasteiger charge is 2.21. The molecule has 4 heteroatoms. The summed E-state index contributed by atoms with van der Waals surface area (Å²) in [5, 5.41) is 6.72. The molecule has 4 nitrogen and oxygen atoms in total. The molecule has 2 aromatic heterocycles. The molecule has 10 rings (SSSR count).